The van der Waals surface area contributed by atoms with E-state index < -0.39 is 0 Å². The van der Waals surface area contributed by atoms with E-state index in [2.05, 4.69) is 20.8 Å². The lowest BCUT2D eigenvalue weighted by Gasteiger charge is -2.44. The number of fused-ring (bicyclic) bond motifs is 1. The average molecular weight is 352 g/mol. The molecule has 2 atom stereocenters. The standard InChI is InChI=1S/C18H26BrNO/c19-16-8-10-17(11-9-16)21-14-4-13-20-12-3-6-15-5-1-2-7-18(15)20/h8-11,15,18H,1-7,12-14H2. The smallest absolute Gasteiger partial charge is 0.119 e. The molecule has 116 valence electrons. The fourth-order valence-corrected chi connectivity index (χ4v) is 4.26. The molecule has 0 bridgehead atoms. The zero-order chi connectivity index (χ0) is 14.5. The van der Waals surface area contributed by atoms with Gasteiger partial charge in [-0.05, 0) is 68.8 Å². The van der Waals surface area contributed by atoms with Gasteiger partial charge in [0.05, 0.1) is 6.61 Å². The van der Waals surface area contributed by atoms with Crippen molar-refractivity contribution in [2.75, 3.05) is 19.7 Å². The number of hydrogen-bond acceptors (Lipinski definition) is 2. The number of nitrogens with zero attached hydrogens (tertiary/aromatic N) is 1. The van der Waals surface area contributed by atoms with Crippen LogP contribution in [0.25, 0.3) is 0 Å². The number of hydrogen-bond donors (Lipinski definition) is 0. The van der Waals surface area contributed by atoms with Gasteiger partial charge in [0.15, 0.2) is 0 Å². The fraction of sp³-hybridized carbons (Fsp3) is 0.667. The number of rotatable bonds is 5. The minimum absolute atomic E-state index is 0.829. The van der Waals surface area contributed by atoms with Crippen molar-refractivity contribution < 1.29 is 4.74 Å². The second-order valence-corrected chi connectivity index (χ2v) is 7.36. The summed E-state index contributed by atoms with van der Waals surface area (Å²) in [5.74, 6) is 1.97. The molecule has 1 heterocycles. The van der Waals surface area contributed by atoms with Gasteiger partial charge < -0.3 is 4.74 Å². The topological polar surface area (TPSA) is 12.5 Å². The van der Waals surface area contributed by atoms with Crippen LogP contribution in [0.2, 0.25) is 0 Å². The zero-order valence-corrected chi connectivity index (χ0v) is 14.4. The van der Waals surface area contributed by atoms with E-state index in [4.69, 9.17) is 4.74 Å². The molecule has 3 rings (SSSR count). The van der Waals surface area contributed by atoms with Crippen LogP contribution in [0.1, 0.15) is 44.9 Å². The molecule has 0 N–H and O–H groups in total. The normalized spacial score (nSPS) is 26.3. The summed E-state index contributed by atoms with van der Waals surface area (Å²) in [7, 11) is 0. The first-order valence-electron chi connectivity index (χ1n) is 8.45. The van der Waals surface area contributed by atoms with Gasteiger partial charge in [-0.15, -0.1) is 0 Å². The molecule has 0 aromatic heterocycles. The Morgan fingerprint density at radius 1 is 1.05 bits per heavy atom. The summed E-state index contributed by atoms with van der Waals surface area (Å²) < 4.78 is 6.94. The summed E-state index contributed by atoms with van der Waals surface area (Å²) >= 11 is 3.45. The molecule has 2 fully saturated rings. The van der Waals surface area contributed by atoms with E-state index in [1.54, 1.807) is 0 Å². The largest absolute Gasteiger partial charge is 0.494 e. The quantitative estimate of drug-likeness (QED) is 0.701. The summed E-state index contributed by atoms with van der Waals surface area (Å²) in [4.78, 5) is 2.75. The predicted octanol–water partition coefficient (Wildman–Crippen LogP) is 4.87. The van der Waals surface area contributed by atoms with Crippen LogP contribution < -0.4 is 4.74 Å². The van der Waals surface area contributed by atoms with Gasteiger partial charge in [0.25, 0.3) is 0 Å². The van der Waals surface area contributed by atoms with Crippen LogP contribution in [0.3, 0.4) is 0 Å². The lowest BCUT2D eigenvalue weighted by Crippen LogP contribution is -2.47. The molecule has 3 heteroatoms. The van der Waals surface area contributed by atoms with Gasteiger partial charge >= 0.3 is 0 Å². The molecule has 21 heavy (non-hydrogen) atoms. The zero-order valence-electron chi connectivity index (χ0n) is 12.8. The van der Waals surface area contributed by atoms with Crippen LogP contribution in [-0.4, -0.2) is 30.6 Å². The summed E-state index contributed by atoms with van der Waals surface area (Å²) in [5, 5.41) is 0. The number of halogens is 1. The van der Waals surface area contributed by atoms with Crippen molar-refractivity contribution in [3.8, 4) is 5.75 Å². The SMILES string of the molecule is Brc1ccc(OCCCN2CCCC3CCCCC32)cc1. The maximum atomic E-state index is 5.84. The molecule has 0 spiro atoms. The third kappa shape index (κ3) is 4.23. The minimum Gasteiger partial charge on any atom is -0.494 e. The van der Waals surface area contributed by atoms with E-state index in [0.29, 0.717) is 0 Å². The van der Waals surface area contributed by atoms with E-state index in [1.807, 2.05) is 24.3 Å². The Hall–Kier alpha value is -0.540. The number of likely N-dealkylation sites (tertiary alicyclic amines) is 1. The molecule has 1 aromatic carbocycles. The van der Waals surface area contributed by atoms with Crippen molar-refractivity contribution in [1.29, 1.82) is 0 Å². The minimum atomic E-state index is 0.829. The third-order valence-corrected chi connectivity index (χ3v) is 5.56. The van der Waals surface area contributed by atoms with Gasteiger partial charge in [0.2, 0.25) is 0 Å². The van der Waals surface area contributed by atoms with Crippen LogP contribution in [-0.2, 0) is 0 Å². The van der Waals surface area contributed by atoms with Crippen molar-refractivity contribution >= 4 is 15.9 Å². The van der Waals surface area contributed by atoms with Gasteiger partial charge in [-0.25, -0.2) is 0 Å². The van der Waals surface area contributed by atoms with Gasteiger partial charge in [-0.3, -0.25) is 4.90 Å². The van der Waals surface area contributed by atoms with Crippen molar-refractivity contribution in [3.63, 3.8) is 0 Å². The van der Waals surface area contributed by atoms with Crippen molar-refractivity contribution in [1.82, 2.24) is 4.90 Å². The summed E-state index contributed by atoms with van der Waals surface area (Å²) in [6.07, 6.45) is 9.80. The lowest BCUT2D eigenvalue weighted by atomic mass is 9.78. The molecule has 1 aromatic rings. The number of ether oxygens (including phenoxy) is 1. The highest BCUT2D eigenvalue weighted by molar-refractivity contribution is 9.10. The fourth-order valence-electron chi connectivity index (χ4n) is 3.99. The molecule has 1 aliphatic carbocycles. The second kappa shape index (κ2) is 7.64. The van der Waals surface area contributed by atoms with Gasteiger partial charge in [0, 0.05) is 17.1 Å². The molecular weight excluding hydrogens is 326 g/mol. The summed E-state index contributed by atoms with van der Waals surface area (Å²) in [6.45, 7) is 3.34. The molecule has 1 aliphatic heterocycles. The van der Waals surface area contributed by atoms with Gasteiger partial charge in [-0.1, -0.05) is 28.8 Å². The van der Waals surface area contributed by atoms with Crippen LogP contribution >= 0.6 is 15.9 Å². The molecule has 0 radical (unpaired) electrons. The highest BCUT2D eigenvalue weighted by Gasteiger charge is 2.32. The molecule has 2 unspecified atom stereocenters. The molecular formula is C18H26BrNO. The van der Waals surface area contributed by atoms with Gasteiger partial charge in [0.1, 0.15) is 5.75 Å². The van der Waals surface area contributed by atoms with Gasteiger partial charge in [-0.2, -0.15) is 0 Å². The predicted molar refractivity (Wildman–Crippen MR) is 90.8 cm³/mol. The van der Waals surface area contributed by atoms with Crippen LogP contribution in [0, 0.1) is 5.92 Å². The Morgan fingerprint density at radius 2 is 1.81 bits per heavy atom. The number of benzene rings is 1. The first-order chi connectivity index (χ1) is 10.3. The maximum Gasteiger partial charge on any atom is 0.119 e. The maximum absolute atomic E-state index is 5.84. The Morgan fingerprint density at radius 3 is 2.67 bits per heavy atom. The molecule has 1 saturated heterocycles. The highest BCUT2D eigenvalue weighted by Crippen LogP contribution is 2.35. The summed E-state index contributed by atoms with van der Waals surface area (Å²) in [6, 6.07) is 9.00. The Kier molecular flexibility index (Phi) is 5.59. The monoisotopic (exact) mass is 351 g/mol. The van der Waals surface area contributed by atoms with E-state index in [1.165, 1.54) is 51.6 Å². The van der Waals surface area contributed by atoms with Crippen molar-refractivity contribution in [2.45, 2.75) is 51.0 Å². The average Bonchev–Trinajstić information content (AvgIpc) is 2.53. The first-order valence-corrected chi connectivity index (χ1v) is 9.24. The first kappa shape index (κ1) is 15.4. The molecule has 1 saturated carbocycles. The second-order valence-electron chi connectivity index (χ2n) is 6.45. The van der Waals surface area contributed by atoms with Crippen LogP contribution in [0.5, 0.6) is 5.75 Å². The Labute approximate surface area is 137 Å². The Bertz CT molecular complexity index is 431. The van der Waals surface area contributed by atoms with Crippen molar-refractivity contribution in [3.05, 3.63) is 28.7 Å². The van der Waals surface area contributed by atoms with E-state index in [0.717, 1.165) is 35.2 Å². The number of piperidine rings is 1. The van der Waals surface area contributed by atoms with E-state index >= 15 is 0 Å². The highest BCUT2D eigenvalue weighted by atomic mass is 79.9. The van der Waals surface area contributed by atoms with E-state index in [9.17, 15) is 0 Å². The van der Waals surface area contributed by atoms with Crippen molar-refractivity contribution in [2.24, 2.45) is 5.92 Å². The van der Waals surface area contributed by atoms with E-state index in [-0.39, 0.29) is 0 Å². The molecule has 2 aliphatic rings. The summed E-state index contributed by atoms with van der Waals surface area (Å²) in [5.41, 5.74) is 0. The lowest BCUT2D eigenvalue weighted by molar-refractivity contribution is 0.0568. The molecule has 2 nitrogen and oxygen atoms in total. The molecule has 0 amide bonds. The van der Waals surface area contributed by atoms with Crippen LogP contribution in [0.15, 0.2) is 28.7 Å². The third-order valence-electron chi connectivity index (χ3n) is 5.03. The van der Waals surface area contributed by atoms with Crippen LogP contribution in [0.4, 0.5) is 0 Å². The Balaban J connectivity index is 1.41.